The van der Waals surface area contributed by atoms with Gasteiger partial charge in [0.25, 0.3) is 0 Å². The third kappa shape index (κ3) is 5.57. The summed E-state index contributed by atoms with van der Waals surface area (Å²) in [7, 11) is 0. The number of aromatic nitrogens is 2. The number of rotatable bonds is 4. The predicted molar refractivity (Wildman–Crippen MR) is 116 cm³/mol. The normalized spacial score (nSPS) is 15.8. The average Bonchev–Trinajstić information content (AvgIpc) is 3.00. The third-order valence-electron chi connectivity index (χ3n) is 4.92. The summed E-state index contributed by atoms with van der Waals surface area (Å²) < 4.78 is 12.4. The molecule has 2 aromatic heterocycles. The Morgan fingerprint density at radius 3 is 2.37 bits per heavy atom. The van der Waals surface area contributed by atoms with Gasteiger partial charge >= 0.3 is 30.9 Å². The first kappa shape index (κ1) is 24.3. The first-order chi connectivity index (χ1) is 13.5. The summed E-state index contributed by atoms with van der Waals surface area (Å²) in [6.07, 6.45) is 2.71. The van der Waals surface area contributed by atoms with E-state index in [0.29, 0.717) is 17.2 Å². The minimum atomic E-state index is -1.22. The number of aromatic carboxylic acids is 1. The molecular formula is C21H30LiN3O5. The quantitative estimate of drug-likeness (QED) is 0.773. The molecule has 3 rings (SSSR count). The summed E-state index contributed by atoms with van der Waals surface area (Å²) in [6, 6.07) is 3.67. The van der Waals surface area contributed by atoms with E-state index in [1.165, 1.54) is 12.3 Å². The summed E-state index contributed by atoms with van der Waals surface area (Å²) in [6.45, 7) is 11.5. The van der Waals surface area contributed by atoms with E-state index in [1.807, 2.05) is 0 Å². The van der Waals surface area contributed by atoms with Gasteiger partial charge in [0.05, 0.1) is 6.20 Å². The maximum absolute atomic E-state index is 12.5. The van der Waals surface area contributed by atoms with Gasteiger partial charge < -0.3 is 19.5 Å². The molecule has 0 unspecified atom stereocenters. The summed E-state index contributed by atoms with van der Waals surface area (Å²) >= 11 is 0. The molecule has 1 saturated heterocycles. The summed E-state index contributed by atoms with van der Waals surface area (Å²) in [5.41, 5.74) is -0.708. The molecule has 1 aliphatic heterocycles. The number of hydrogen-bond donors (Lipinski definition) is 1. The standard InChI is InChI=1S/C21H29N3O5.Li.H/c1-13(2)23-8-6-15(7-9-23)28-16-10-14-11-17(19(25)26)24(18(14)22-12-16)20(27)29-21(3,4)5;;/h10-13,15H,6-9H2,1-5H3,(H,25,26);;. The molecule has 30 heavy (non-hydrogen) atoms. The van der Waals surface area contributed by atoms with Crippen molar-refractivity contribution in [3.8, 4) is 5.75 Å². The molecule has 0 aromatic carbocycles. The van der Waals surface area contributed by atoms with Crippen LogP contribution in [0.25, 0.3) is 11.0 Å². The van der Waals surface area contributed by atoms with Gasteiger partial charge in [0.15, 0.2) is 5.65 Å². The number of carboxylic acids is 1. The number of likely N-dealkylation sites (tertiary alicyclic amines) is 1. The average molecular weight is 411 g/mol. The Hall–Kier alpha value is -2.01. The summed E-state index contributed by atoms with van der Waals surface area (Å²) in [4.78, 5) is 30.9. The molecule has 3 heterocycles. The SMILES string of the molecule is CC(C)N1CCC(Oc2cnc3c(c2)cc(C(=O)O)n3C(=O)OC(C)(C)C)CC1.[LiH]. The number of fused-ring (bicyclic) bond motifs is 1. The number of carbonyl (C=O) groups excluding carboxylic acids is 1. The fraction of sp³-hybridized carbons (Fsp3) is 0.571. The topological polar surface area (TPSA) is 93.9 Å². The second-order valence-electron chi connectivity index (χ2n) is 8.68. The van der Waals surface area contributed by atoms with E-state index in [9.17, 15) is 14.7 Å². The fourth-order valence-electron chi connectivity index (χ4n) is 3.49. The van der Waals surface area contributed by atoms with Crippen molar-refractivity contribution >= 4 is 42.0 Å². The summed E-state index contributed by atoms with van der Waals surface area (Å²) in [5.74, 6) is -0.656. The van der Waals surface area contributed by atoms with Gasteiger partial charge in [-0.25, -0.2) is 19.1 Å². The van der Waals surface area contributed by atoms with Gasteiger partial charge in [0.2, 0.25) is 0 Å². The number of ether oxygens (including phenoxy) is 2. The Morgan fingerprint density at radius 2 is 1.83 bits per heavy atom. The van der Waals surface area contributed by atoms with Crippen molar-refractivity contribution in [2.75, 3.05) is 13.1 Å². The van der Waals surface area contributed by atoms with Crippen molar-refractivity contribution in [3.05, 3.63) is 24.0 Å². The first-order valence-corrected chi connectivity index (χ1v) is 9.94. The number of piperidine rings is 1. The van der Waals surface area contributed by atoms with Crippen molar-refractivity contribution < 1.29 is 24.2 Å². The van der Waals surface area contributed by atoms with Crippen LogP contribution in [0.3, 0.4) is 0 Å². The minimum absolute atomic E-state index is 0. The molecule has 0 atom stereocenters. The molecule has 0 bridgehead atoms. The van der Waals surface area contributed by atoms with Crippen LogP contribution in [0.5, 0.6) is 5.75 Å². The molecule has 1 N–H and O–H groups in total. The number of hydrogen-bond acceptors (Lipinski definition) is 6. The van der Waals surface area contributed by atoms with Crippen molar-refractivity contribution in [2.45, 2.75) is 65.2 Å². The zero-order valence-electron chi connectivity index (χ0n) is 17.6. The van der Waals surface area contributed by atoms with E-state index in [4.69, 9.17) is 9.47 Å². The van der Waals surface area contributed by atoms with Crippen LogP contribution >= 0.6 is 0 Å². The second-order valence-corrected chi connectivity index (χ2v) is 8.68. The Labute approximate surface area is 188 Å². The van der Waals surface area contributed by atoms with Gasteiger partial charge in [0.1, 0.15) is 23.1 Å². The molecule has 1 fully saturated rings. The molecule has 2 aromatic rings. The molecule has 8 nitrogen and oxygen atoms in total. The van der Waals surface area contributed by atoms with Crippen LogP contribution in [0.1, 0.15) is 57.9 Å². The number of nitrogens with zero attached hydrogens (tertiary/aromatic N) is 3. The first-order valence-electron chi connectivity index (χ1n) is 9.94. The van der Waals surface area contributed by atoms with Gasteiger partial charge in [0, 0.05) is 24.5 Å². The fourth-order valence-corrected chi connectivity index (χ4v) is 3.49. The van der Waals surface area contributed by atoms with Gasteiger partial charge in [-0.05, 0) is 59.6 Å². The monoisotopic (exact) mass is 411 g/mol. The zero-order valence-corrected chi connectivity index (χ0v) is 17.6. The van der Waals surface area contributed by atoms with Gasteiger partial charge in [-0.15, -0.1) is 0 Å². The van der Waals surface area contributed by atoms with E-state index >= 15 is 0 Å². The van der Waals surface area contributed by atoms with Gasteiger partial charge in [-0.1, -0.05) is 0 Å². The van der Waals surface area contributed by atoms with Crippen LogP contribution < -0.4 is 4.74 Å². The van der Waals surface area contributed by atoms with Crippen molar-refractivity contribution in [2.24, 2.45) is 0 Å². The number of carboxylic acid groups (broad SMARTS) is 1. The van der Waals surface area contributed by atoms with Gasteiger partial charge in [-0.3, -0.25) is 0 Å². The molecule has 160 valence electrons. The molecule has 0 saturated carbocycles. The molecule has 0 radical (unpaired) electrons. The van der Waals surface area contributed by atoms with E-state index in [-0.39, 0.29) is 36.3 Å². The summed E-state index contributed by atoms with van der Waals surface area (Å²) in [5, 5.41) is 10.0. The number of carbonyl (C=O) groups is 2. The van der Waals surface area contributed by atoms with E-state index < -0.39 is 17.7 Å². The van der Waals surface area contributed by atoms with Crippen LogP contribution in [0.15, 0.2) is 18.3 Å². The van der Waals surface area contributed by atoms with Crippen LogP contribution in [0, 0.1) is 0 Å². The van der Waals surface area contributed by atoms with Crippen LogP contribution in [-0.2, 0) is 4.74 Å². The zero-order chi connectivity index (χ0) is 21.3. The third-order valence-corrected chi connectivity index (χ3v) is 4.92. The van der Waals surface area contributed by atoms with E-state index in [1.54, 1.807) is 26.8 Å². The Morgan fingerprint density at radius 1 is 1.20 bits per heavy atom. The number of pyridine rings is 1. The van der Waals surface area contributed by atoms with Crippen molar-refractivity contribution in [3.63, 3.8) is 0 Å². The Kier molecular flexibility index (Phi) is 7.62. The molecule has 9 heteroatoms. The maximum atomic E-state index is 12.5. The molecule has 0 amide bonds. The van der Waals surface area contributed by atoms with Crippen LogP contribution in [-0.4, -0.2) is 81.3 Å². The molecule has 0 aliphatic carbocycles. The van der Waals surface area contributed by atoms with E-state index in [0.717, 1.165) is 30.5 Å². The Balaban J connectivity index is 0.00000320. The van der Waals surface area contributed by atoms with Crippen molar-refractivity contribution in [1.29, 1.82) is 0 Å². The second kappa shape index (κ2) is 9.42. The van der Waals surface area contributed by atoms with Crippen molar-refractivity contribution in [1.82, 2.24) is 14.5 Å². The molecule has 0 spiro atoms. The molecule has 1 aliphatic rings. The predicted octanol–water partition coefficient (Wildman–Crippen LogP) is 3.12. The Bertz CT molecular complexity index is 911. The van der Waals surface area contributed by atoms with E-state index in [2.05, 4.69) is 23.7 Å². The van der Waals surface area contributed by atoms with Crippen LogP contribution in [0.4, 0.5) is 4.79 Å². The van der Waals surface area contributed by atoms with Gasteiger partial charge in [-0.2, -0.15) is 0 Å². The van der Waals surface area contributed by atoms with Crippen LogP contribution in [0.2, 0.25) is 0 Å². The molecular weight excluding hydrogens is 381 g/mol.